The van der Waals surface area contributed by atoms with Crippen LogP contribution in [0.3, 0.4) is 0 Å². The van der Waals surface area contributed by atoms with Gasteiger partial charge in [-0.05, 0) is 31.9 Å². The molecule has 1 aromatic heterocycles. The number of hydrogen-bond donors (Lipinski definition) is 2. The third kappa shape index (κ3) is 4.05. The maximum absolute atomic E-state index is 13.5. The number of carbonyl (C=O) groups excluding carboxylic acids is 1. The minimum atomic E-state index is -0.458. The molecule has 0 bridgehead atoms. The summed E-state index contributed by atoms with van der Waals surface area (Å²) in [7, 11) is 0. The molecule has 0 atom stereocenters. The van der Waals surface area contributed by atoms with E-state index in [1.807, 2.05) is 10.8 Å². The average Bonchev–Trinajstić information content (AvgIpc) is 2.96. The van der Waals surface area contributed by atoms with Crippen LogP contribution in [0.15, 0.2) is 30.9 Å². The monoisotopic (exact) mass is 290 g/mol. The van der Waals surface area contributed by atoms with E-state index in [2.05, 4.69) is 10.3 Å². The van der Waals surface area contributed by atoms with Gasteiger partial charge < -0.3 is 15.6 Å². The highest BCUT2D eigenvalue weighted by Gasteiger charge is 2.10. The number of rotatable bonds is 6. The molecule has 1 aromatic carbocycles. The predicted octanol–water partition coefficient (Wildman–Crippen LogP) is 2.12. The highest BCUT2D eigenvalue weighted by Crippen LogP contribution is 2.17. The number of aryl methyl sites for hydroxylation is 1. The van der Waals surface area contributed by atoms with E-state index in [1.165, 1.54) is 12.1 Å². The van der Waals surface area contributed by atoms with Gasteiger partial charge >= 0.3 is 0 Å². The maximum atomic E-state index is 13.5. The quantitative estimate of drug-likeness (QED) is 0.632. The second-order valence-corrected chi connectivity index (χ2v) is 4.94. The van der Waals surface area contributed by atoms with Crippen molar-refractivity contribution in [2.24, 2.45) is 0 Å². The Kier molecular flexibility index (Phi) is 4.92. The lowest BCUT2D eigenvalue weighted by Crippen LogP contribution is -2.25. The molecule has 0 saturated heterocycles. The molecule has 2 aromatic rings. The van der Waals surface area contributed by atoms with E-state index in [0.29, 0.717) is 17.8 Å². The number of aromatic nitrogens is 2. The molecule has 0 saturated carbocycles. The zero-order chi connectivity index (χ0) is 15.2. The number of benzene rings is 1. The lowest BCUT2D eigenvalue weighted by atomic mass is 10.1. The lowest BCUT2D eigenvalue weighted by molar-refractivity contribution is 0.0952. The normalized spacial score (nSPS) is 10.6. The van der Waals surface area contributed by atoms with Crippen LogP contribution in [0, 0.1) is 12.7 Å². The predicted molar refractivity (Wildman–Crippen MR) is 79.3 cm³/mol. The van der Waals surface area contributed by atoms with Crippen LogP contribution >= 0.6 is 0 Å². The number of imidazole rings is 1. The summed E-state index contributed by atoms with van der Waals surface area (Å²) < 4.78 is 15.5. The zero-order valence-corrected chi connectivity index (χ0v) is 12.0. The van der Waals surface area contributed by atoms with Crippen molar-refractivity contribution in [1.82, 2.24) is 14.9 Å². The summed E-state index contributed by atoms with van der Waals surface area (Å²) in [5.74, 6) is -0.761. The Morgan fingerprint density at radius 2 is 2.24 bits per heavy atom. The Morgan fingerprint density at radius 3 is 2.90 bits per heavy atom. The van der Waals surface area contributed by atoms with Crippen LogP contribution < -0.4 is 11.1 Å². The second-order valence-electron chi connectivity index (χ2n) is 4.94. The number of halogens is 1. The van der Waals surface area contributed by atoms with Crippen molar-refractivity contribution in [2.75, 3.05) is 12.3 Å². The number of unbranched alkanes of at least 4 members (excludes halogenated alkanes) is 1. The van der Waals surface area contributed by atoms with E-state index in [1.54, 1.807) is 19.4 Å². The van der Waals surface area contributed by atoms with Gasteiger partial charge in [0.15, 0.2) is 0 Å². The summed E-state index contributed by atoms with van der Waals surface area (Å²) in [5, 5.41) is 2.77. The van der Waals surface area contributed by atoms with Crippen molar-refractivity contribution in [1.29, 1.82) is 0 Å². The minimum absolute atomic E-state index is 0.255. The smallest absolute Gasteiger partial charge is 0.251 e. The van der Waals surface area contributed by atoms with Crippen molar-refractivity contribution >= 4 is 11.6 Å². The molecule has 0 radical (unpaired) electrons. The van der Waals surface area contributed by atoms with Gasteiger partial charge in [-0.3, -0.25) is 4.79 Å². The Balaban J connectivity index is 1.77. The van der Waals surface area contributed by atoms with Gasteiger partial charge in [-0.15, -0.1) is 0 Å². The van der Waals surface area contributed by atoms with Crippen LogP contribution in [0.5, 0.6) is 0 Å². The van der Waals surface area contributed by atoms with Crippen LogP contribution in [0.1, 0.15) is 28.8 Å². The molecule has 3 N–H and O–H groups in total. The first kappa shape index (κ1) is 15.0. The fraction of sp³-hybridized carbons (Fsp3) is 0.333. The van der Waals surface area contributed by atoms with E-state index < -0.39 is 5.82 Å². The number of carbonyl (C=O) groups is 1. The summed E-state index contributed by atoms with van der Waals surface area (Å²) in [6.07, 6.45) is 7.17. The van der Waals surface area contributed by atoms with Crippen LogP contribution in [-0.2, 0) is 6.54 Å². The third-order valence-electron chi connectivity index (χ3n) is 3.33. The summed E-state index contributed by atoms with van der Waals surface area (Å²) in [4.78, 5) is 15.9. The van der Waals surface area contributed by atoms with E-state index in [-0.39, 0.29) is 11.5 Å². The molecule has 21 heavy (non-hydrogen) atoms. The standard InChI is InChI=1S/C15H19FN4O/c1-11-13(16)8-12(9-14(11)17)15(21)19-4-2-3-6-20-7-5-18-10-20/h5,7-10H,2-4,6,17H2,1H3,(H,19,21). The Morgan fingerprint density at radius 1 is 1.43 bits per heavy atom. The summed E-state index contributed by atoms with van der Waals surface area (Å²) >= 11 is 0. The van der Waals surface area contributed by atoms with Crippen molar-refractivity contribution < 1.29 is 9.18 Å². The van der Waals surface area contributed by atoms with Gasteiger partial charge in [-0.2, -0.15) is 0 Å². The van der Waals surface area contributed by atoms with Gasteiger partial charge in [0, 0.05) is 42.3 Å². The molecule has 5 nitrogen and oxygen atoms in total. The highest BCUT2D eigenvalue weighted by atomic mass is 19.1. The summed E-state index contributed by atoms with van der Waals surface area (Å²) in [6, 6.07) is 2.71. The first-order chi connectivity index (χ1) is 10.1. The number of nitrogens with zero attached hydrogens (tertiary/aromatic N) is 2. The number of nitrogens with one attached hydrogen (secondary N) is 1. The molecule has 0 spiro atoms. The molecule has 1 heterocycles. The average molecular weight is 290 g/mol. The van der Waals surface area contributed by atoms with Gasteiger partial charge in [-0.1, -0.05) is 0 Å². The first-order valence-corrected chi connectivity index (χ1v) is 6.87. The SMILES string of the molecule is Cc1c(N)cc(C(=O)NCCCCn2ccnc2)cc1F. The van der Waals surface area contributed by atoms with E-state index in [4.69, 9.17) is 5.73 Å². The molecule has 112 valence electrons. The first-order valence-electron chi connectivity index (χ1n) is 6.87. The summed E-state index contributed by atoms with van der Waals surface area (Å²) in [5.41, 5.74) is 6.58. The van der Waals surface area contributed by atoms with Crippen LogP contribution in [0.25, 0.3) is 0 Å². The Hall–Kier alpha value is -2.37. The molecular formula is C15H19FN4O. The van der Waals surface area contributed by atoms with E-state index >= 15 is 0 Å². The van der Waals surface area contributed by atoms with E-state index in [0.717, 1.165) is 19.4 Å². The molecule has 0 aliphatic heterocycles. The maximum Gasteiger partial charge on any atom is 0.251 e. The number of anilines is 1. The van der Waals surface area contributed by atoms with Crippen molar-refractivity contribution in [3.63, 3.8) is 0 Å². The fourth-order valence-electron chi connectivity index (χ4n) is 1.97. The topological polar surface area (TPSA) is 72.9 Å². The minimum Gasteiger partial charge on any atom is -0.398 e. The largest absolute Gasteiger partial charge is 0.398 e. The van der Waals surface area contributed by atoms with E-state index in [9.17, 15) is 9.18 Å². The molecule has 1 amide bonds. The van der Waals surface area contributed by atoms with Crippen LogP contribution in [-0.4, -0.2) is 22.0 Å². The number of hydrogen-bond acceptors (Lipinski definition) is 3. The van der Waals surface area contributed by atoms with Crippen molar-refractivity contribution in [3.8, 4) is 0 Å². The number of nitrogen functional groups attached to an aromatic ring is 1. The molecular weight excluding hydrogens is 271 g/mol. The molecule has 0 aliphatic carbocycles. The Bertz CT molecular complexity index is 587. The highest BCUT2D eigenvalue weighted by molar-refractivity contribution is 5.95. The van der Waals surface area contributed by atoms with Crippen molar-refractivity contribution in [3.05, 3.63) is 47.8 Å². The lowest BCUT2D eigenvalue weighted by Gasteiger charge is -2.08. The summed E-state index contributed by atoms with van der Waals surface area (Å²) in [6.45, 7) is 2.99. The van der Waals surface area contributed by atoms with Gasteiger partial charge in [0.05, 0.1) is 6.33 Å². The third-order valence-corrected chi connectivity index (χ3v) is 3.33. The zero-order valence-electron chi connectivity index (χ0n) is 12.0. The van der Waals surface area contributed by atoms with Crippen molar-refractivity contribution in [2.45, 2.75) is 26.3 Å². The van der Waals surface area contributed by atoms with Gasteiger partial charge in [-0.25, -0.2) is 9.37 Å². The molecule has 0 unspecified atom stereocenters. The molecule has 2 rings (SSSR count). The van der Waals surface area contributed by atoms with Crippen LogP contribution in [0.4, 0.5) is 10.1 Å². The van der Waals surface area contributed by atoms with Gasteiger partial charge in [0.1, 0.15) is 5.82 Å². The Labute approximate surface area is 123 Å². The molecule has 0 fully saturated rings. The molecule has 6 heteroatoms. The number of amides is 1. The number of nitrogens with two attached hydrogens (primary N) is 1. The molecule has 0 aliphatic rings. The van der Waals surface area contributed by atoms with Gasteiger partial charge in [0.25, 0.3) is 5.91 Å². The second kappa shape index (κ2) is 6.88. The fourth-order valence-corrected chi connectivity index (χ4v) is 1.97. The van der Waals surface area contributed by atoms with Crippen LogP contribution in [0.2, 0.25) is 0 Å². The van der Waals surface area contributed by atoms with Gasteiger partial charge in [0.2, 0.25) is 0 Å².